The summed E-state index contributed by atoms with van der Waals surface area (Å²) in [4.78, 5) is 31.0. The van der Waals surface area contributed by atoms with Crippen LogP contribution in [0.15, 0.2) is 0 Å². The molecule has 0 spiro atoms. The van der Waals surface area contributed by atoms with Gasteiger partial charge in [0, 0.05) is 13.1 Å². The van der Waals surface area contributed by atoms with Gasteiger partial charge in [0.15, 0.2) is 0 Å². The molecule has 0 aromatic carbocycles. The maximum atomic E-state index is 12.6. The number of rotatable bonds is 3. The van der Waals surface area contributed by atoms with E-state index in [2.05, 4.69) is 11.8 Å². The monoisotopic (exact) mass is 293 g/mol. The van der Waals surface area contributed by atoms with Crippen molar-refractivity contribution in [3.8, 4) is 0 Å². The maximum absolute atomic E-state index is 12.6. The van der Waals surface area contributed by atoms with Crippen molar-refractivity contribution in [3.05, 3.63) is 0 Å². The minimum atomic E-state index is -0.157. The maximum Gasteiger partial charge on any atom is 0.245 e. The van der Waals surface area contributed by atoms with E-state index in [4.69, 9.17) is 0 Å². The van der Waals surface area contributed by atoms with E-state index >= 15 is 0 Å². The Morgan fingerprint density at radius 3 is 2.52 bits per heavy atom. The van der Waals surface area contributed by atoms with Crippen molar-refractivity contribution < 1.29 is 9.59 Å². The first-order valence-electron chi connectivity index (χ1n) is 8.49. The summed E-state index contributed by atoms with van der Waals surface area (Å²) in [6.07, 6.45) is 5.28. The molecule has 0 saturated carbocycles. The summed E-state index contributed by atoms with van der Waals surface area (Å²) < 4.78 is 0. The second-order valence-electron chi connectivity index (χ2n) is 6.70. The molecule has 2 amide bonds. The molecule has 3 fully saturated rings. The van der Waals surface area contributed by atoms with Crippen molar-refractivity contribution in [1.29, 1.82) is 0 Å². The van der Waals surface area contributed by atoms with Crippen molar-refractivity contribution in [3.63, 3.8) is 0 Å². The standard InChI is InChI=1S/C16H27N3O2/c1-2-17-9-6-13(7-10-17)11-18-12-15(20)19-8-4-3-5-14(19)16(18)21/h13-14H,2-12H2,1H3. The van der Waals surface area contributed by atoms with Crippen LogP contribution in [0.3, 0.4) is 0 Å². The summed E-state index contributed by atoms with van der Waals surface area (Å²) >= 11 is 0. The molecule has 3 rings (SSSR count). The first-order valence-corrected chi connectivity index (χ1v) is 8.49. The average molecular weight is 293 g/mol. The molecule has 1 atom stereocenters. The van der Waals surface area contributed by atoms with Crippen LogP contribution in [0, 0.1) is 5.92 Å². The van der Waals surface area contributed by atoms with Crippen LogP contribution in [0.4, 0.5) is 0 Å². The van der Waals surface area contributed by atoms with E-state index in [1.54, 1.807) is 0 Å². The lowest BCUT2D eigenvalue weighted by Crippen LogP contribution is -2.62. The predicted octanol–water partition coefficient (Wildman–Crippen LogP) is 0.942. The Morgan fingerprint density at radius 1 is 1.05 bits per heavy atom. The first kappa shape index (κ1) is 14.8. The van der Waals surface area contributed by atoms with Gasteiger partial charge in [0.25, 0.3) is 0 Å². The molecule has 0 radical (unpaired) electrons. The topological polar surface area (TPSA) is 43.9 Å². The summed E-state index contributed by atoms with van der Waals surface area (Å²) in [6, 6.07) is -0.157. The van der Waals surface area contributed by atoms with Gasteiger partial charge in [-0.1, -0.05) is 6.92 Å². The molecule has 0 N–H and O–H groups in total. The third-order valence-corrected chi connectivity index (χ3v) is 5.38. The lowest BCUT2D eigenvalue weighted by atomic mass is 9.93. The molecule has 0 bridgehead atoms. The molecule has 5 nitrogen and oxygen atoms in total. The molecule has 21 heavy (non-hydrogen) atoms. The Morgan fingerprint density at radius 2 is 1.81 bits per heavy atom. The number of hydrogen-bond donors (Lipinski definition) is 0. The van der Waals surface area contributed by atoms with E-state index in [1.165, 1.54) is 0 Å². The van der Waals surface area contributed by atoms with Gasteiger partial charge >= 0.3 is 0 Å². The fourth-order valence-corrected chi connectivity index (χ4v) is 3.98. The van der Waals surface area contributed by atoms with Crippen LogP contribution in [0.5, 0.6) is 0 Å². The normalized spacial score (nSPS) is 28.9. The molecule has 3 aliphatic rings. The molecular weight excluding hydrogens is 266 g/mol. The Bertz CT molecular complexity index is 404. The molecule has 3 heterocycles. The Hall–Kier alpha value is -1.10. The number of nitrogens with zero attached hydrogens (tertiary/aromatic N) is 3. The number of piperazine rings is 1. The number of amides is 2. The predicted molar refractivity (Wildman–Crippen MR) is 80.8 cm³/mol. The second kappa shape index (κ2) is 6.34. The molecule has 0 aliphatic carbocycles. The highest BCUT2D eigenvalue weighted by molar-refractivity contribution is 5.95. The quantitative estimate of drug-likeness (QED) is 0.778. The van der Waals surface area contributed by atoms with Crippen molar-refractivity contribution in [2.24, 2.45) is 5.92 Å². The highest BCUT2D eigenvalue weighted by Crippen LogP contribution is 2.25. The van der Waals surface area contributed by atoms with Gasteiger partial charge in [-0.2, -0.15) is 0 Å². The number of carbonyl (C=O) groups is 2. The lowest BCUT2D eigenvalue weighted by molar-refractivity contribution is -0.158. The average Bonchev–Trinajstić information content (AvgIpc) is 2.53. The van der Waals surface area contributed by atoms with E-state index in [0.717, 1.165) is 64.8 Å². The smallest absolute Gasteiger partial charge is 0.245 e. The molecule has 118 valence electrons. The third-order valence-electron chi connectivity index (χ3n) is 5.38. The largest absolute Gasteiger partial charge is 0.331 e. The van der Waals surface area contributed by atoms with Gasteiger partial charge in [-0.05, 0) is 57.7 Å². The van der Waals surface area contributed by atoms with Crippen LogP contribution in [0.2, 0.25) is 0 Å². The molecule has 1 unspecified atom stereocenters. The highest BCUT2D eigenvalue weighted by atomic mass is 16.2. The SMILES string of the molecule is CCN1CCC(CN2CC(=O)N3CCCCC3C2=O)CC1. The number of hydrogen-bond acceptors (Lipinski definition) is 3. The Balaban J connectivity index is 1.58. The van der Waals surface area contributed by atoms with Gasteiger partial charge in [0.2, 0.25) is 11.8 Å². The Kier molecular flexibility index (Phi) is 4.48. The highest BCUT2D eigenvalue weighted by Gasteiger charge is 2.40. The molecule has 5 heteroatoms. The van der Waals surface area contributed by atoms with Crippen LogP contribution in [-0.4, -0.2) is 71.8 Å². The van der Waals surface area contributed by atoms with E-state index in [-0.39, 0.29) is 17.9 Å². The summed E-state index contributed by atoms with van der Waals surface area (Å²) in [7, 11) is 0. The third kappa shape index (κ3) is 3.07. The summed E-state index contributed by atoms with van der Waals surface area (Å²) in [5, 5.41) is 0. The van der Waals surface area contributed by atoms with Gasteiger partial charge in [-0.15, -0.1) is 0 Å². The van der Waals surface area contributed by atoms with Gasteiger partial charge in [0.05, 0.1) is 6.54 Å². The molecule has 3 saturated heterocycles. The van der Waals surface area contributed by atoms with Gasteiger partial charge in [0.1, 0.15) is 6.04 Å². The van der Waals surface area contributed by atoms with E-state index in [1.807, 2.05) is 9.80 Å². The Labute approximate surface area is 127 Å². The number of fused-ring (bicyclic) bond motifs is 1. The van der Waals surface area contributed by atoms with Gasteiger partial charge < -0.3 is 14.7 Å². The van der Waals surface area contributed by atoms with Crippen LogP contribution in [-0.2, 0) is 9.59 Å². The van der Waals surface area contributed by atoms with Crippen LogP contribution in [0.25, 0.3) is 0 Å². The molecular formula is C16H27N3O2. The second-order valence-corrected chi connectivity index (χ2v) is 6.70. The number of likely N-dealkylation sites (tertiary alicyclic amines) is 1. The minimum Gasteiger partial charge on any atom is -0.331 e. The molecule has 0 aromatic rings. The number of piperidine rings is 2. The number of carbonyl (C=O) groups excluding carboxylic acids is 2. The van der Waals surface area contributed by atoms with Crippen molar-refractivity contribution in [2.75, 3.05) is 39.3 Å². The lowest BCUT2D eigenvalue weighted by Gasteiger charge is -2.44. The van der Waals surface area contributed by atoms with Gasteiger partial charge in [-0.25, -0.2) is 0 Å². The van der Waals surface area contributed by atoms with Crippen molar-refractivity contribution in [1.82, 2.24) is 14.7 Å². The van der Waals surface area contributed by atoms with E-state index in [9.17, 15) is 9.59 Å². The van der Waals surface area contributed by atoms with Crippen molar-refractivity contribution >= 4 is 11.8 Å². The van der Waals surface area contributed by atoms with Crippen molar-refractivity contribution in [2.45, 2.75) is 45.1 Å². The van der Waals surface area contributed by atoms with E-state index in [0.29, 0.717) is 12.5 Å². The zero-order chi connectivity index (χ0) is 14.8. The van der Waals surface area contributed by atoms with Crippen LogP contribution >= 0.6 is 0 Å². The zero-order valence-corrected chi connectivity index (χ0v) is 13.1. The molecule has 3 aliphatic heterocycles. The summed E-state index contributed by atoms with van der Waals surface area (Å²) in [6.45, 7) is 7.45. The minimum absolute atomic E-state index is 0.157. The summed E-state index contributed by atoms with van der Waals surface area (Å²) in [5.74, 6) is 0.928. The van der Waals surface area contributed by atoms with Gasteiger partial charge in [-0.3, -0.25) is 9.59 Å². The van der Waals surface area contributed by atoms with E-state index < -0.39 is 0 Å². The van der Waals surface area contributed by atoms with Crippen LogP contribution < -0.4 is 0 Å². The first-order chi connectivity index (χ1) is 10.2. The summed E-state index contributed by atoms with van der Waals surface area (Å²) in [5.41, 5.74) is 0. The fraction of sp³-hybridized carbons (Fsp3) is 0.875. The zero-order valence-electron chi connectivity index (χ0n) is 13.1. The molecule has 0 aromatic heterocycles. The fourth-order valence-electron chi connectivity index (χ4n) is 3.98. The van der Waals surface area contributed by atoms with Crippen LogP contribution in [0.1, 0.15) is 39.0 Å².